The molecule has 0 amide bonds. The first-order valence-corrected chi connectivity index (χ1v) is 6.26. The molecular weight excluding hydrogens is 278 g/mol. The average molecular weight is 292 g/mol. The minimum absolute atomic E-state index is 0.259. The molecule has 5 nitrogen and oxygen atoms in total. The number of methoxy groups -OCH3 is 1. The Balaban J connectivity index is 2.37. The Labute approximate surface area is 121 Å². The van der Waals surface area contributed by atoms with Crippen molar-refractivity contribution < 1.29 is 9.53 Å². The van der Waals surface area contributed by atoms with Gasteiger partial charge in [-0.3, -0.25) is 0 Å². The highest BCUT2D eigenvalue weighted by Crippen LogP contribution is 2.28. The van der Waals surface area contributed by atoms with Crippen molar-refractivity contribution in [3.05, 3.63) is 46.6 Å². The fourth-order valence-corrected chi connectivity index (χ4v) is 2.01. The predicted octanol–water partition coefficient (Wildman–Crippen LogP) is 3.16. The second-order valence-corrected chi connectivity index (χ2v) is 4.61. The summed E-state index contributed by atoms with van der Waals surface area (Å²) in [4.78, 5) is 15.7. The molecule has 3 N–H and O–H groups in total. The van der Waals surface area contributed by atoms with Crippen molar-refractivity contribution in [3.63, 3.8) is 0 Å². The Hall–Kier alpha value is -2.27. The molecule has 0 aliphatic heterocycles. The van der Waals surface area contributed by atoms with Crippen LogP contribution in [0.4, 0.5) is 17.2 Å². The summed E-state index contributed by atoms with van der Waals surface area (Å²) in [5.74, 6) is -0.0420. The van der Waals surface area contributed by atoms with E-state index in [2.05, 4.69) is 15.0 Å². The smallest absolute Gasteiger partial charge is 0.340 e. The van der Waals surface area contributed by atoms with E-state index in [9.17, 15) is 4.79 Å². The Morgan fingerprint density at radius 2 is 2.20 bits per heavy atom. The first kappa shape index (κ1) is 14.1. The molecule has 6 heteroatoms. The summed E-state index contributed by atoms with van der Waals surface area (Å²) in [7, 11) is 1.30. The summed E-state index contributed by atoms with van der Waals surface area (Å²) in [6.07, 6.45) is 1.40. The SMILES string of the molecule is COC(=O)c1cc(Nc2c(C)cccc2Cl)ncc1N. The standard InChI is InChI=1S/C14H14ClN3O2/c1-8-4-3-5-10(15)13(8)18-12-6-9(14(19)20-2)11(16)7-17-12/h3-7H,16H2,1-2H3,(H,17,18). The highest BCUT2D eigenvalue weighted by Gasteiger charge is 2.12. The van der Waals surface area contributed by atoms with E-state index in [1.54, 1.807) is 6.07 Å². The summed E-state index contributed by atoms with van der Waals surface area (Å²) in [6.45, 7) is 1.92. The molecule has 0 atom stereocenters. The molecule has 0 radical (unpaired) electrons. The Morgan fingerprint density at radius 1 is 1.45 bits per heavy atom. The molecule has 0 spiro atoms. The van der Waals surface area contributed by atoms with Crippen LogP contribution in [0.1, 0.15) is 15.9 Å². The van der Waals surface area contributed by atoms with Gasteiger partial charge in [-0.25, -0.2) is 9.78 Å². The third-order valence-corrected chi connectivity index (χ3v) is 3.13. The summed E-state index contributed by atoms with van der Waals surface area (Å²) in [6, 6.07) is 7.09. The lowest BCUT2D eigenvalue weighted by Crippen LogP contribution is -2.07. The number of anilines is 3. The highest BCUT2D eigenvalue weighted by molar-refractivity contribution is 6.33. The lowest BCUT2D eigenvalue weighted by atomic mass is 10.2. The number of carbonyl (C=O) groups is 1. The summed E-state index contributed by atoms with van der Waals surface area (Å²) < 4.78 is 4.67. The number of halogens is 1. The maximum atomic E-state index is 11.6. The third kappa shape index (κ3) is 2.83. The zero-order chi connectivity index (χ0) is 14.7. The van der Waals surface area contributed by atoms with Crippen LogP contribution in [0.5, 0.6) is 0 Å². The van der Waals surface area contributed by atoms with Gasteiger partial charge in [0.25, 0.3) is 0 Å². The first-order chi connectivity index (χ1) is 9.52. The van der Waals surface area contributed by atoms with Crippen molar-refractivity contribution in [1.82, 2.24) is 4.98 Å². The van der Waals surface area contributed by atoms with Crippen LogP contribution in [0.3, 0.4) is 0 Å². The van der Waals surface area contributed by atoms with Crippen LogP contribution >= 0.6 is 11.6 Å². The number of aryl methyl sites for hydroxylation is 1. The van der Waals surface area contributed by atoms with E-state index < -0.39 is 5.97 Å². The largest absolute Gasteiger partial charge is 0.465 e. The van der Waals surface area contributed by atoms with E-state index >= 15 is 0 Å². The van der Waals surface area contributed by atoms with Crippen molar-refractivity contribution >= 4 is 34.8 Å². The van der Waals surface area contributed by atoms with Gasteiger partial charge in [0.05, 0.1) is 35.3 Å². The fraction of sp³-hybridized carbons (Fsp3) is 0.143. The number of benzene rings is 1. The van der Waals surface area contributed by atoms with Gasteiger partial charge in [-0.2, -0.15) is 0 Å². The number of rotatable bonds is 3. The minimum Gasteiger partial charge on any atom is -0.465 e. The van der Waals surface area contributed by atoms with Crippen molar-refractivity contribution in [2.45, 2.75) is 6.92 Å². The number of aromatic nitrogens is 1. The fourth-order valence-electron chi connectivity index (χ4n) is 1.74. The van der Waals surface area contributed by atoms with Gasteiger partial charge in [0, 0.05) is 0 Å². The number of ether oxygens (including phenoxy) is 1. The molecule has 1 aromatic heterocycles. The van der Waals surface area contributed by atoms with Gasteiger partial charge in [-0.05, 0) is 24.6 Å². The number of pyridine rings is 1. The molecule has 1 aromatic carbocycles. The second-order valence-electron chi connectivity index (χ2n) is 4.21. The van der Waals surface area contributed by atoms with Crippen molar-refractivity contribution in [3.8, 4) is 0 Å². The Kier molecular flexibility index (Phi) is 4.10. The highest BCUT2D eigenvalue weighted by atomic mass is 35.5. The maximum Gasteiger partial charge on any atom is 0.340 e. The molecule has 20 heavy (non-hydrogen) atoms. The molecule has 0 bridgehead atoms. The number of carbonyl (C=O) groups excluding carboxylic acids is 1. The lowest BCUT2D eigenvalue weighted by Gasteiger charge is -2.12. The van der Waals surface area contributed by atoms with Crippen LogP contribution in [0, 0.1) is 6.92 Å². The quantitative estimate of drug-likeness (QED) is 0.850. The zero-order valence-corrected chi connectivity index (χ0v) is 11.9. The molecule has 0 fully saturated rings. The topological polar surface area (TPSA) is 77.2 Å². The van der Waals surface area contributed by atoms with Gasteiger partial charge in [0.15, 0.2) is 0 Å². The number of nitrogens with zero attached hydrogens (tertiary/aromatic N) is 1. The molecule has 0 saturated heterocycles. The molecule has 1 heterocycles. The van der Waals surface area contributed by atoms with Gasteiger partial charge in [-0.15, -0.1) is 0 Å². The number of hydrogen-bond acceptors (Lipinski definition) is 5. The molecule has 0 aliphatic carbocycles. The number of nitrogen functional groups attached to an aromatic ring is 1. The van der Waals surface area contributed by atoms with Crippen LogP contribution in [-0.4, -0.2) is 18.1 Å². The number of nitrogens with two attached hydrogens (primary N) is 1. The number of para-hydroxylation sites is 1. The molecule has 0 aliphatic rings. The maximum absolute atomic E-state index is 11.6. The van der Waals surface area contributed by atoms with E-state index in [0.717, 1.165) is 11.3 Å². The minimum atomic E-state index is -0.510. The van der Waals surface area contributed by atoms with E-state index in [0.29, 0.717) is 10.8 Å². The zero-order valence-electron chi connectivity index (χ0n) is 11.1. The van der Waals surface area contributed by atoms with Crippen LogP contribution in [0.2, 0.25) is 5.02 Å². The van der Waals surface area contributed by atoms with E-state index in [1.165, 1.54) is 19.4 Å². The molecule has 2 rings (SSSR count). The van der Waals surface area contributed by atoms with Crippen LogP contribution in [0.15, 0.2) is 30.5 Å². The normalized spacial score (nSPS) is 10.2. The van der Waals surface area contributed by atoms with Gasteiger partial charge in [0.2, 0.25) is 0 Å². The van der Waals surface area contributed by atoms with E-state index in [4.69, 9.17) is 17.3 Å². The molecule has 2 aromatic rings. The number of nitrogens with one attached hydrogen (secondary N) is 1. The van der Waals surface area contributed by atoms with Crippen molar-refractivity contribution in [1.29, 1.82) is 0 Å². The second kappa shape index (κ2) is 5.79. The van der Waals surface area contributed by atoms with Crippen LogP contribution in [-0.2, 0) is 4.74 Å². The van der Waals surface area contributed by atoms with Gasteiger partial charge in [-0.1, -0.05) is 23.7 Å². The summed E-state index contributed by atoms with van der Waals surface area (Å²) >= 11 is 6.13. The monoisotopic (exact) mass is 291 g/mol. The lowest BCUT2D eigenvalue weighted by molar-refractivity contribution is 0.0602. The van der Waals surface area contributed by atoms with E-state index in [-0.39, 0.29) is 11.3 Å². The van der Waals surface area contributed by atoms with Crippen molar-refractivity contribution in [2.24, 2.45) is 0 Å². The van der Waals surface area contributed by atoms with Gasteiger partial charge in [0.1, 0.15) is 5.82 Å². The first-order valence-electron chi connectivity index (χ1n) is 5.89. The molecular formula is C14H14ClN3O2. The predicted molar refractivity (Wildman–Crippen MR) is 79.5 cm³/mol. The molecule has 0 saturated carbocycles. The number of esters is 1. The van der Waals surface area contributed by atoms with Crippen LogP contribution in [0.25, 0.3) is 0 Å². The van der Waals surface area contributed by atoms with Crippen molar-refractivity contribution in [2.75, 3.05) is 18.2 Å². The van der Waals surface area contributed by atoms with Crippen LogP contribution < -0.4 is 11.1 Å². The Morgan fingerprint density at radius 3 is 2.85 bits per heavy atom. The summed E-state index contributed by atoms with van der Waals surface area (Å²) in [5, 5.41) is 3.65. The van der Waals surface area contributed by atoms with Gasteiger partial charge < -0.3 is 15.8 Å². The van der Waals surface area contributed by atoms with Gasteiger partial charge >= 0.3 is 5.97 Å². The molecule has 0 unspecified atom stereocenters. The average Bonchev–Trinajstić information content (AvgIpc) is 2.44. The molecule has 104 valence electrons. The van der Waals surface area contributed by atoms with E-state index in [1.807, 2.05) is 19.1 Å². The summed E-state index contributed by atoms with van der Waals surface area (Å²) in [5.41, 5.74) is 7.93. The Bertz CT molecular complexity index is 639. The third-order valence-electron chi connectivity index (χ3n) is 2.82. The number of hydrogen-bond donors (Lipinski definition) is 2.